The first kappa shape index (κ1) is 11.8. The van der Waals surface area contributed by atoms with Gasteiger partial charge in [0.25, 0.3) is 5.89 Å². The van der Waals surface area contributed by atoms with Crippen LogP contribution in [0.3, 0.4) is 0 Å². The summed E-state index contributed by atoms with van der Waals surface area (Å²) in [5.41, 5.74) is -0.577. The first-order valence-corrected chi connectivity index (χ1v) is 5.02. The van der Waals surface area contributed by atoms with E-state index in [1.165, 1.54) is 6.92 Å². The first-order valence-electron chi connectivity index (χ1n) is 5.02. The van der Waals surface area contributed by atoms with Gasteiger partial charge in [-0.1, -0.05) is 12.1 Å². The molecule has 0 amide bonds. The summed E-state index contributed by atoms with van der Waals surface area (Å²) in [5, 5.41) is 3.77. The number of ether oxygens (including phenoxy) is 1. The predicted molar refractivity (Wildman–Crippen MR) is 53.6 cm³/mol. The fourth-order valence-corrected chi connectivity index (χ4v) is 1.22. The molecule has 0 saturated carbocycles. The Labute approximate surface area is 88.8 Å². The Balaban J connectivity index is 2.97. The molecule has 15 heavy (non-hydrogen) atoms. The van der Waals surface area contributed by atoms with E-state index in [-0.39, 0.29) is 11.7 Å². The molecule has 0 bridgehead atoms. The van der Waals surface area contributed by atoms with Gasteiger partial charge in [0, 0.05) is 13.5 Å². The average molecular weight is 212 g/mol. The van der Waals surface area contributed by atoms with Gasteiger partial charge in [0.05, 0.1) is 0 Å². The van der Waals surface area contributed by atoms with Crippen molar-refractivity contribution < 1.29 is 14.1 Å². The summed E-state index contributed by atoms with van der Waals surface area (Å²) in [5.74, 6) is 0.227. The second-order valence-corrected chi connectivity index (χ2v) is 3.50. The maximum absolute atomic E-state index is 11.0. The van der Waals surface area contributed by atoms with E-state index >= 15 is 0 Å². The molecular formula is C10H16N2O3. The van der Waals surface area contributed by atoms with Crippen molar-refractivity contribution in [1.29, 1.82) is 0 Å². The molecule has 0 aromatic carbocycles. The van der Waals surface area contributed by atoms with E-state index in [0.717, 1.165) is 6.42 Å². The number of rotatable bonds is 5. The highest BCUT2D eigenvalue weighted by atomic mass is 16.5. The van der Waals surface area contributed by atoms with Gasteiger partial charge in [0.15, 0.2) is 0 Å². The molecule has 0 fully saturated rings. The largest absolute Gasteiger partial charge is 0.367 e. The van der Waals surface area contributed by atoms with Crippen LogP contribution in [0.25, 0.3) is 0 Å². The Morgan fingerprint density at radius 2 is 2.20 bits per heavy atom. The highest BCUT2D eigenvalue weighted by Gasteiger charge is 2.31. The third-order valence-corrected chi connectivity index (χ3v) is 2.34. The third-order valence-electron chi connectivity index (χ3n) is 2.34. The van der Waals surface area contributed by atoms with Gasteiger partial charge in [-0.3, -0.25) is 4.79 Å². The number of carbonyl (C=O) groups excluding carboxylic acids is 1. The molecule has 0 radical (unpaired) electrons. The molecule has 1 aromatic heterocycles. The molecule has 84 valence electrons. The topological polar surface area (TPSA) is 65.2 Å². The van der Waals surface area contributed by atoms with Gasteiger partial charge < -0.3 is 9.26 Å². The van der Waals surface area contributed by atoms with Crippen LogP contribution in [0.2, 0.25) is 0 Å². The number of hydrogen-bond acceptors (Lipinski definition) is 5. The molecule has 0 aliphatic rings. The van der Waals surface area contributed by atoms with Crippen molar-refractivity contribution in [2.45, 2.75) is 39.7 Å². The zero-order chi connectivity index (χ0) is 11.5. The van der Waals surface area contributed by atoms with Crippen LogP contribution in [0, 0.1) is 0 Å². The van der Waals surface area contributed by atoms with Crippen molar-refractivity contribution in [1.82, 2.24) is 10.1 Å². The van der Waals surface area contributed by atoms with Gasteiger partial charge in [-0.15, -0.1) is 0 Å². The molecule has 5 heteroatoms. The van der Waals surface area contributed by atoms with Crippen LogP contribution in [0.5, 0.6) is 0 Å². The lowest BCUT2D eigenvalue weighted by molar-refractivity contribution is -0.0403. The first-order chi connectivity index (χ1) is 7.03. The number of aromatic nitrogens is 2. The fourth-order valence-electron chi connectivity index (χ4n) is 1.22. The minimum Gasteiger partial charge on any atom is -0.367 e. The van der Waals surface area contributed by atoms with E-state index < -0.39 is 5.60 Å². The summed E-state index contributed by atoms with van der Waals surface area (Å²) >= 11 is 0. The van der Waals surface area contributed by atoms with Gasteiger partial charge in [-0.05, 0) is 20.3 Å². The third kappa shape index (κ3) is 2.41. The molecule has 0 saturated heterocycles. The molecule has 1 rings (SSSR count). The summed E-state index contributed by atoms with van der Waals surface area (Å²) < 4.78 is 10.4. The monoisotopic (exact) mass is 212 g/mol. The molecule has 1 unspecified atom stereocenters. The number of carbonyl (C=O) groups is 1. The SMILES string of the molecule is CCOC(C)(CC)c1noc(C(C)=O)n1. The van der Waals surface area contributed by atoms with Crippen molar-refractivity contribution >= 4 is 5.78 Å². The molecule has 1 aromatic rings. The Hall–Kier alpha value is -1.23. The van der Waals surface area contributed by atoms with Gasteiger partial charge in [-0.2, -0.15) is 4.98 Å². The molecule has 1 heterocycles. The molecule has 5 nitrogen and oxygen atoms in total. The van der Waals surface area contributed by atoms with Crippen LogP contribution in [0.15, 0.2) is 4.52 Å². The molecule has 0 aliphatic carbocycles. The van der Waals surface area contributed by atoms with Crippen LogP contribution < -0.4 is 0 Å². The van der Waals surface area contributed by atoms with E-state index in [2.05, 4.69) is 10.1 Å². The average Bonchev–Trinajstić information content (AvgIpc) is 2.67. The summed E-state index contributed by atoms with van der Waals surface area (Å²) in [7, 11) is 0. The van der Waals surface area contributed by atoms with Crippen LogP contribution in [-0.2, 0) is 10.3 Å². The fraction of sp³-hybridized carbons (Fsp3) is 0.700. The lowest BCUT2D eigenvalue weighted by Gasteiger charge is -2.23. The smallest absolute Gasteiger partial charge is 0.293 e. The van der Waals surface area contributed by atoms with Crippen LogP contribution in [-0.4, -0.2) is 22.5 Å². The standard InChI is InChI=1S/C10H16N2O3/c1-5-10(4,14-6-2)9-11-8(7(3)13)15-12-9/h5-6H2,1-4H3. The Kier molecular flexibility index (Phi) is 3.57. The number of ketones is 1. The van der Waals surface area contributed by atoms with Crippen LogP contribution in [0.1, 0.15) is 50.6 Å². The number of Topliss-reactive ketones (excluding diaryl/α,β-unsaturated/α-hetero) is 1. The molecule has 0 aliphatic heterocycles. The maximum atomic E-state index is 11.0. The Morgan fingerprint density at radius 1 is 1.53 bits per heavy atom. The summed E-state index contributed by atoms with van der Waals surface area (Å²) in [6.45, 7) is 7.71. The minimum atomic E-state index is -0.577. The Bertz CT molecular complexity index is 348. The van der Waals surface area contributed by atoms with Crippen molar-refractivity contribution in [2.75, 3.05) is 6.61 Å². The summed E-state index contributed by atoms with van der Waals surface area (Å²) in [4.78, 5) is 15.0. The van der Waals surface area contributed by atoms with Crippen molar-refractivity contribution in [3.05, 3.63) is 11.7 Å². The van der Waals surface area contributed by atoms with E-state index in [1.54, 1.807) is 0 Å². The minimum absolute atomic E-state index is 0.0318. The van der Waals surface area contributed by atoms with Gasteiger partial charge >= 0.3 is 0 Å². The van der Waals surface area contributed by atoms with E-state index in [9.17, 15) is 4.79 Å². The lowest BCUT2D eigenvalue weighted by atomic mass is 10.0. The van der Waals surface area contributed by atoms with E-state index in [1.807, 2.05) is 20.8 Å². The second kappa shape index (κ2) is 4.53. The molecule has 0 spiro atoms. The van der Waals surface area contributed by atoms with Crippen molar-refractivity contribution in [2.24, 2.45) is 0 Å². The molecule has 1 atom stereocenters. The number of nitrogens with zero attached hydrogens (tertiary/aromatic N) is 2. The zero-order valence-electron chi connectivity index (χ0n) is 9.53. The summed E-state index contributed by atoms with van der Waals surface area (Å²) in [6, 6.07) is 0. The van der Waals surface area contributed by atoms with E-state index in [4.69, 9.17) is 9.26 Å². The van der Waals surface area contributed by atoms with Crippen LogP contribution in [0.4, 0.5) is 0 Å². The lowest BCUT2D eigenvalue weighted by Crippen LogP contribution is -2.26. The zero-order valence-corrected chi connectivity index (χ0v) is 9.53. The maximum Gasteiger partial charge on any atom is 0.293 e. The summed E-state index contributed by atoms with van der Waals surface area (Å²) in [6.07, 6.45) is 0.720. The molecular weight excluding hydrogens is 196 g/mol. The Morgan fingerprint density at radius 3 is 2.60 bits per heavy atom. The number of hydrogen-bond donors (Lipinski definition) is 0. The normalized spacial score (nSPS) is 14.9. The van der Waals surface area contributed by atoms with Crippen molar-refractivity contribution in [3.8, 4) is 0 Å². The highest BCUT2D eigenvalue weighted by Crippen LogP contribution is 2.26. The van der Waals surface area contributed by atoms with Crippen LogP contribution >= 0.6 is 0 Å². The van der Waals surface area contributed by atoms with Gasteiger partial charge in [0.2, 0.25) is 11.6 Å². The molecule has 0 N–H and O–H groups in total. The van der Waals surface area contributed by atoms with E-state index in [0.29, 0.717) is 12.4 Å². The van der Waals surface area contributed by atoms with Gasteiger partial charge in [-0.25, -0.2) is 0 Å². The van der Waals surface area contributed by atoms with Crippen molar-refractivity contribution in [3.63, 3.8) is 0 Å². The second-order valence-electron chi connectivity index (χ2n) is 3.50. The highest BCUT2D eigenvalue weighted by molar-refractivity contribution is 5.89. The predicted octanol–water partition coefficient (Wildman–Crippen LogP) is 1.93. The quantitative estimate of drug-likeness (QED) is 0.698. The van der Waals surface area contributed by atoms with Gasteiger partial charge in [0.1, 0.15) is 5.60 Å².